The first-order chi connectivity index (χ1) is 7.06. The van der Waals surface area contributed by atoms with Crippen LogP contribution in [0.4, 0.5) is 5.82 Å². The number of hydrogen-bond donors (Lipinski definition) is 1. The van der Waals surface area contributed by atoms with Crippen molar-refractivity contribution in [2.75, 3.05) is 0 Å². The van der Waals surface area contributed by atoms with E-state index in [1.165, 1.54) is 6.33 Å². The number of hydrogen-bond acceptors (Lipinski definition) is 4. The first kappa shape index (κ1) is 11.2. The summed E-state index contributed by atoms with van der Waals surface area (Å²) in [6, 6.07) is 0. The second kappa shape index (κ2) is 4.54. The summed E-state index contributed by atoms with van der Waals surface area (Å²) in [4.78, 5) is 24.3. The lowest BCUT2D eigenvalue weighted by Gasteiger charge is -2.02. The lowest BCUT2D eigenvalue weighted by molar-refractivity contribution is -0.390. The van der Waals surface area contributed by atoms with Crippen molar-refractivity contribution >= 4 is 11.7 Å². The Hall–Kier alpha value is -1.92. The summed E-state index contributed by atoms with van der Waals surface area (Å²) in [6.45, 7) is 2.13. The highest BCUT2D eigenvalue weighted by Crippen LogP contribution is 2.16. The highest BCUT2D eigenvalue weighted by Gasteiger charge is 2.19. The topological polar surface area (TPSA) is 104 Å². The smallest absolute Gasteiger partial charge is 0.370 e. The number of nitrogens with two attached hydrogens (primary N) is 1. The zero-order chi connectivity index (χ0) is 11.4. The molecule has 0 unspecified atom stereocenters. The Morgan fingerprint density at radius 2 is 2.40 bits per heavy atom. The first-order valence-electron chi connectivity index (χ1n) is 4.53. The average Bonchev–Trinajstić information content (AvgIpc) is 2.57. The zero-order valence-corrected chi connectivity index (χ0v) is 8.34. The van der Waals surface area contributed by atoms with Gasteiger partial charge in [-0.2, -0.15) is 0 Å². The molecule has 1 aromatic rings. The minimum Gasteiger partial charge on any atom is -0.370 e. The zero-order valence-electron chi connectivity index (χ0n) is 8.34. The fourth-order valence-electron chi connectivity index (χ4n) is 1.33. The first-order valence-corrected chi connectivity index (χ1v) is 4.53. The van der Waals surface area contributed by atoms with Crippen LogP contribution in [0.5, 0.6) is 0 Å². The minimum absolute atomic E-state index is 0.151. The highest BCUT2D eigenvalue weighted by molar-refractivity contribution is 5.73. The molecule has 7 heteroatoms. The van der Waals surface area contributed by atoms with Gasteiger partial charge in [0.05, 0.1) is 0 Å². The maximum absolute atomic E-state index is 10.6. The van der Waals surface area contributed by atoms with Crippen molar-refractivity contribution in [2.45, 2.75) is 26.3 Å². The summed E-state index contributed by atoms with van der Waals surface area (Å²) < 4.78 is 1.59. The van der Waals surface area contributed by atoms with Gasteiger partial charge in [0.15, 0.2) is 0 Å². The number of imidazole rings is 1. The molecule has 15 heavy (non-hydrogen) atoms. The molecule has 0 aliphatic heterocycles. The molecule has 0 fully saturated rings. The maximum Gasteiger partial charge on any atom is 0.384 e. The van der Waals surface area contributed by atoms with Gasteiger partial charge in [0.2, 0.25) is 12.2 Å². The van der Waals surface area contributed by atoms with Crippen molar-refractivity contribution in [3.63, 3.8) is 0 Å². The number of aryl methyl sites for hydroxylation is 1. The number of nitro groups is 1. The van der Waals surface area contributed by atoms with Crippen LogP contribution in [0.3, 0.4) is 0 Å². The van der Waals surface area contributed by atoms with Crippen molar-refractivity contribution in [1.82, 2.24) is 9.55 Å². The van der Waals surface area contributed by atoms with Crippen LogP contribution in [-0.2, 0) is 17.8 Å². The van der Waals surface area contributed by atoms with Crippen molar-refractivity contribution in [2.24, 2.45) is 5.73 Å². The summed E-state index contributed by atoms with van der Waals surface area (Å²) >= 11 is 0. The van der Waals surface area contributed by atoms with Crippen molar-refractivity contribution in [3.8, 4) is 0 Å². The van der Waals surface area contributed by atoms with E-state index < -0.39 is 10.8 Å². The number of primary amides is 1. The third-order valence-corrected chi connectivity index (χ3v) is 2.03. The maximum atomic E-state index is 10.6. The predicted octanol–water partition coefficient (Wildman–Crippen LogP) is 0.229. The van der Waals surface area contributed by atoms with Crippen molar-refractivity contribution in [1.29, 1.82) is 0 Å². The number of rotatable bonds is 5. The van der Waals surface area contributed by atoms with Crippen LogP contribution in [0.15, 0.2) is 6.33 Å². The van der Waals surface area contributed by atoms with E-state index in [-0.39, 0.29) is 12.2 Å². The molecule has 0 bridgehead atoms. The van der Waals surface area contributed by atoms with Gasteiger partial charge in [0, 0.05) is 13.0 Å². The van der Waals surface area contributed by atoms with Gasteiger partial charge in [-0.05, 0) is 16.3 Å². The monoisotopic (exact) mass is 212 g/mol. The van der Waals surface area contributed by atoms with Crippen LogP contribution in [0.2, 0.25) is 0 Å². The van der Waals surface area contributed by atoms with Crippen molar-refractivity contribution < 1.29 is 9.72 Å². The largest absolute Gasteiger partial charge is 0.384 e. The molecule has 2 N–H and O–H groups in total. The van der Waals surface area contributed by atoms with E-state index in [4.69, 9.17) is 5.73 Å². The number of carbonyl (C=O) groups excluding carboxylic acids is 1. The molecule has 0 aromatic carbocycles. The SMILES string of the molecule is CCc1c([N+](=O)[O-])ncn1CCC(N)=O. The van der Waals surface area contributed by atoms with Gasteiger partial charge >= 0.3 is 5.82 Å². The number of aromatic nitrogens is 2. The minimum atomic E-state index is -0.528. The summed E-state index contributed by atoms with van der Waals surface area (Å²) in [5.41, 5.74) is 5.51. The van der Waals surface area contributed by atoms with Gasteiger partial charge in [-0.3, -0.25) is 4.79 Å². The number of nitrogens with zero attached hydrogens (tertiary/aromatic N) is 3. The lowest BCUT2D eigenvalue weighted by Crippen LogP contribution is -2.14. The van der Waals surface area contributed by atoms with E-state index in [0.29, 0.717) is 18.7 Å². The standard InChI is InChI=1S/C8H12N4O3/c1-2-6-8(12(14)15)10-5-11(6)4-3-7(9)13/h5H,2-4H2,1H3,(H2,9,13). The van der Waals surface area contributed by atoms with Gasteiger partial charge in [0.1, 0.15) is 5.69 Å². The molecule has 0 saturated heterocycles. The van der Waals surface area contributed by atoms with E-state index in [2.05, 4.69) is 4.98 Å². The van der Waals surface area contributed by atoms with E-state index in [1.807, 2.05) is 0 Å². The summed E-state index contributed by atoms with van der Waals surface area (Å²) in [7, 11) is 0. The third-order valence-electron chi connectivity index (χ3n) is 2.03. The molecule has 0 spiro atoms. The Morgan fingerprint density at radius 3 is 2.87 bits per heavy atom. The second-order valence-corrected chi connectivity index (χ2v) is 3.04. The molecular formula is C8H12N4O3. The van der Waals surface area contributed by atoms with Gasteiger partial charge in [-0.15, -0.1) is 0 Å². The van der Waals surface area contributed by atoms with Crippen LogP contribution < -0.4 is 5.73 Å². The van der Waals surface area contributed by atoms with Crippen LogP contribution in [0.1, 0.15) is 19.0 Å². The van der Waals surface area contributed by atoms with Crippen LogP contribution in [-0.4, -0.2) is 20.4 Å². The van der Waals surface area contributed by atoms with Crippen LogP contribution in [0, 0.1) is 10.1 Å². The van der Waals surface area contributed by atoms with Crippen molar-refractivity contribution in [3.05, 3.63) is 22.1 Å². The number of amides is 1. The third kappa shape index (κ3) is 2.52. The summed E-state index contributed by atoms with van der Waals surface area (Å²) in [5, 5.41) is 10.6. The Kier molecular flexibility index (Phi) is 3.37. The molecule has 1 amide bonds. The Bertz CT molecular complexity index is 385. The molecule has 7 nitrogen and oxygen atoms in total. The molecule has 1 aromatic heterocycles. The quantitative estimate of drug-likeness (QED) is 0.557. The van der Waals surface area contributed by atoms with Gasteiger partial charge < -0.3 is 20.4 Å². The molecular weight excluding hydrogens is 200 g/mol. The summed E-state index contributed by atoms with van der Waals surface area (Å²) in [6.07, 6.45) is 2.01. The van der Waals surface area contributed by atoms with Gasteiger partial charge in [0.25, 0.3) is 0 Å². The Balaban J connectivity index is 2.89. The van der Waals surface area contributed by atoms with Gasteiger partial charge in [-0.25, -0.2) is 0 Å². The number of carbonyl (C=O) groups is 1. The molecule has 0 aliphatic rings. The second-order valence-electron chi connectivity index (χ2n) is 3.04. The molecule has 0 aliphatic carbocycles. The highest BCUT2D eigenvalue weighted by atomic mass is 16.6. The van der Waals surface area contributed by atoms with E-state index in [1.54, 1.807) is 11.5 Å². The molecule has 1 rings (SSSR count). The Morgan fingerprint density at radius 1 is 1.73 bits per heavy atom. The average molecular weight is 212 g/mol. The molecule has 0 atom stereocenters. The summed E-state index contributed by atoms with van der Waals surface area (Å²) in [5.74, 6) is -0.588. The molecule has 82 valence electrons. The van der Waals surface area contributed by atoms with E-state index in [0.717, 1.165) is 0 Å². The lowest BCUT2D eigenvalue weighted by atomic mass is 10.3. The molecule has 0 saturated carbocycles. The van der Waals surface area contributed by atoms with E-state index >= 15 is 0 Å². The van der Waals surface area contributed by atoms with Gasteiger partial charge in [-0.1, -0.05) is 6.92 Å². The van der Waals surface area contributed by atoms with Crippen LogP contribution >= 0.6 is 0 Å². The van der Waals surface area contributed by atoms with Crippen LogP contribution in [0.25, 0.3) is 0 Å². The predicted molar refractivity (Wildman–Crippen MR) is 52.1 cm³/mol. The Labute approximate surface area is 86.0 Å². The molecule has 0 radical (unpaired) electrons. The van der Waals surface area contributed by atoms with E-state index in [9.17, 15) is 14.9 Å². The fraction of sp³-hybridized carbons (Fsp3) is 0.500. The fourth-order valence-corrected chi connectivity index (χ4v) is 1.33. The normalized spacial score (nSPS) is 10.2. The molecule has 1 heterocycles.